The largest absolute Gasteiger partial charge is 0.310 e. The standard InChI is InChI=1S/C11H13Cl2N/c1-7-2-11(14-6-7)8-3-9(12)5-10(13)4-8/h3-5,7,11,14H,2,6H2,1H3/t7-,11+/m1/s1. The molecule has 0 aliphatic carbocycles. The van der Waals surface area contributed by atoms with Crippen molar-refractivity contribution in [3.05, 3.63) is 33.8 Å². The van der Waals surface area contributed by atoms with E-state index in [1.165, 1.54) is 5.56 Å². The van der Waals surface area contributed by atoms with E-state index in [0.717, 1.165) is 18.9 Å². The molecule has 0 unspecified atom stereocenters. The number of benzene rings is 1. The van der Waals surface area contributed by atoms with Crippen LogP contribution >= 0.6 is 23.2 Å². The second-order valence-electron chi connectivity index (χ2n) is 4.00. The molecule has 2 rings (SSSR count). The van der Waals surface area contributed by atoms with E-state index in [1.807, 2.05) is 12.1 Å². The fourth-order valence-corrected chi connectivity index (χ4v) is 2.49. The van der Waals surface area contributed by atoms with E-state index in [2.05, 4.69) is 12.2 Å². The minimum atomic E-state index is 0.418. The normalized spacial score (nSPS) is 26.8. The van der Waals surface area contributed by atoms with Crippen LogP contribution < -0.4 is 5.32 Å². The van der Waals surface area contributed by atoms with Gasteiger partial charge in [-0.1, -0.05) is 30.1 Å². The second-order valence-corrected chi connectivity index (χ2v) is 4.88. The lowest BCUT2D eigenvalue weighted by Crippen LogP contribution is -2.13. The first kappa shape index (κ1) is 10.3. The maximum absolute atomic E-state index is 5.95. The fraction of sp³-hybridized carbons (Fsp3) is 0.455. The molecule has 1 fully saturated rings. The molecule has 0 saturated carbocycles. The first-order chi connectivity index (χ1) is 6.65. The van der Waals surface area contributed by atoms with Crippen LogP contribution in [0.5, 0.6) is 0 Å². The van der Waals surface area contributed by atoms with Gasteiger partial charge < -0.3 is 5.32 Å². The monoisotopic (exact) mass is 229 g/mol. The van der Waals surface area contributed by atoms with E-state index in [4.69, 9.17) is 23.2 Å². The van der Waals surface area contributed by atoms with Gasteiger partial charge in [0.2, 0.25) is 0 Å². The summed E-state index contributed by atoms with van der Waals surface area (Å²) in [5, 5.41) is 4.89. The van der Waals surface area contributed by atoms with Crippen LogP contribution in [0.1, 0.15) is 24.9 Å². The Hall–Kier alpha value is -0.240. The summed E-state index contributed by atoms with van der Waals surface area (Å²) in [5.41, 5.74) is 1.20. The third-order valence-corrected chi connectivity index (χ3v) is 3.07. The summed E-state index contributed by atoms with van der Waals surface area (Å²) >= 11 is 11.9. The molecule has 1 saturated heterocycles. The molecule has 1 aromatic carbocycles. The minimum absolute atomic E-state index is 0.418. The highest BCUT2D eigenvalue weighted by Crippen LogP contribution is 2.30. The molecular weight excluding hydrogens is 217 g/mol. The van der Waals surface area contributed by atoms with E-state index < -0.39 is 0 Å². The maximum atomic E-state index is 5.95. The van der Waals surface area contributed by atoms with Gasteiger partial charge in [0, 0.05) is 16.1 Å². The molecule has 1 nitrogen and oxygen atoms in total. The summed E-state index contributed by atoms with van der Waals surface area (Å²) in [7, 11) is 0. The first-order valence-corrected chi connectivity index (χ1v) is 5.60. The summed E-state index contributed by atoms with van der Waals surface area (Å²) in [6.45, 7) is 3.33. The van der Waals surface area contributed by atoms with Crippen LogP contribution in [0.15, 0.2) is 18.2 Å². The van der Waals surface area contributed by atoms with E-state index >= 15 is 0 Å². The van der Waals surface area contributed by atoms with Gasteiger partial charge in [0.15, 0.2) is 0 Å². The minimum Gasteiger partial charge on any atom is -0.310 e. The SMILES string of the molecule is C[C@H]1CN[C@H](c2cc(Cl)cc(Cl)c2)C1. The Balaban J connectivity index is 2.23. The average Bonchev–Trinajstić information content (AvgIpc) is 2.50. The smallest absolute Gasteiger partial charge is 0.0424 e. The lowest BCUT2D eigenvalue weighted by atomic mass is 10.0. The summed E-state index contributed by atoms with van der Waals surface area (Å²) in [4.78, 5) is 0. The van der Waals surface area contributed by atoms with Crippen LogP contribution in [-0.4, -0.2) is 6.54 Å². The molecule has 1 aliphatic rings. The number of halogens is 2. The van der Waals surface area contributed by atoms with E-state index in [-0.39, 0.29) is 0 Å². The fourth-order valence-electron chi connectivity index (χ4n) is 1.94. The van der Waals surface area contributed by atoms with Gasteiger partial charge in [0.05, 0.1) is 0 Å². The Morgan fingerprint density at radius 3 is 2.36 bits per heavy atom. The van der Waals surface area contributed by atoms with Crippen molar-refractivity contribution < 1.29 is 0 Å². The van der Waals surface area contributed by atoms with Gasteiger partial charge in [-0.15, -0.1) is 0 Å². The molecule has 0 radical (unpaired) electrons. The highest BCUT2D eigenvalue weighted by atomic mass is 35.5. The van der Waals surface area contributed by atoms with Crippen LogP contribution in [0, 0.1) is 5.92 Å². The quantitative estimate of drug-likeness (QED) is 0.776. The molecule has 2 atom stereocenters. The Morgan fingerprint density at radius 2 is 1.86 bits per heavy atom. The van der Waals surface area contributed by atoms with E-state index in [0.29, 0.717) is 16.1 Å². The van der Waals surface area contributed by atoms with Crippen molar-refractivity contribution in [3.8, 4) is 0 Å². The molecule has 0 aromatic heterocycles. The molecule has 76 valence electrons. The topological polar surface area (TPSA) is 12.0 Å². The third-order valence-electron chi connectivity index (χ3n) is 2.64. The lowest BCUT2D eigenvalue weighted by Gasteiger charge is -2.11. The maximum Gasteiger partial charge on any atom is 0.0424 e. The van der Waals surface area contributed by atoms with Gasteiger partial charge in [0.25, 0.3) is 0 Å². The molecule has 1 aromatic rings. The van der Waals surface area contributed by atoms with Crippen molar-refractivity contribution in [2.24, 2.45) is 5.92 Å². The van der Waals surface area contributed by atoms with Crippen molar-refractivity contribution >= 4 is 23.2 Å². The van der Waals surface area contributed by atoms with Gasteiger partial charge in [0.1, 0.15) is 0 Å². The Bertz CT molecular complexity index is 318. The van der Waals surface area contributed by atoms with Crippen LogP contribution in [0.2, 0.25) is 10.0 Å². The van der Waals surface area contributed by atoms with E-state index in [9.17, 15) is 0 Å². The van der Waals surface area contributed by atoms with E-state index in [1.54, 1.807) is 6.07 Å². The molecule has 0 bridgehead atoms. The zero-order valence-electron chi connectivity index (χ0n) is 8.06. The van der Waals surface area contributed by atoms with Crippen molar-refractivity contribution in [2.75, 3.05) is 6.54 Å². The summed E-state index contributed by atoms with van der Waals surface area (Å²) < 4.78 is 0. The molecule has 1 N–H and O–H groups in total. The lowest BCUT2D eigenvalue weighted by molar-refractivity contribution is 0.612. The van der Waals surface area contributed by atoms with Crippen molar-refractivity contribution in [1.29, 1.82) is 0 Å². The van der Waals surface area contributed by atoms with Crippen LogP contribution in [0.4, 0.5) is 0 Å². The molecule has 14 heavy (non-hydrogen) atoms. The number of nitrogens with one attached hydrogen (secondary N) is 1. The number of hydrogen-bond donors (Lipinski definition) is 1. The van der Waals surface area contributed by atoms with Crippen molar-refractivity contribution in [3.63, 3.8) is 0 Å². The Kier molecular flexibility index (Phi) is 3.01. The molecular formula is C11H13Cl2N. The van der Waals surface area contributed by atoms with Crippen molar-refractivity contribution in [2.45, 2.75) is 19.4 Å². The average molecular weight is 230 g/mol. The molecule has 3 heteroatoms. The molecule has 1 heterocycles. The van der Waals surface area contributed by atoms with Gasteiger partial charge in [-0.2, -0.15) is 0 Å². The van der Waals surface area contributed by atoms with Gasteiger partial charge in [-0.25, -0.2) is 0 Å². The molecule has 0 amide bonds. The zero-order valence-corrected chi connectivity index (χ0v) is 9.57. The Morgan fingerprint density at radius 1 is 1.21 bits per heavy atom. The zero-order chi connectivity index (χ0) is 10.1. The number of hydrogen-bond acceptors (Lipinski definition) is 1. The highest BCUT2D eigenvalue weighted by molar-refractivity contribution is 6.34. The summed E-state index contributed by atoms with van der Waals surface area (Å²) in [6.07, 6.45) is 1.16. The predicted octanol–water partition coefficient (Wildman–Crippen LogP) is 3.66. The highest BCUT2D eigenvalue weighted by Gasteiger charge is 2.22. The van der Waals surface area contributed by atoms with Crippen LogP contribution in [-0.2, 0) is 0 Å². The molecule has 1 aliphatic heterocycles. The van der Waals surface area contributed by atoms with Gasteiger partial charge >= 0.3 is 0 Å². The van der Waals surface area contributed by atoms with Crippen LogP contribution in [0.25, 0.3) is 0 Å². The van der Waals surface area contributed by atoms with Gasteiger partial charge in [-0.3, -0.25) is 0 Å². The predicted molar refractivity (Wildman–Crippen MR) is 61.0 cm³/mol. The van der Waals surface area contributed by atoms with Gasteiger partial charge in [-0.05, 0) is 42.6 Å². The summed E-state index contributed by atoms with van der Waals surface area (Å²) in [5.74, 6) is 0.734. The van der Waals surface area contributed by atoms with Crippen LogP contribution in [0.3, 0.4) is 0 Å². The second kappa shape index (κ2) is 4.09. The molecule has 0 spiro atoms. The third kappa shape index (κ3) is 2.22. The number of rotatable bonds is 1. The Labute approximate surface area is 94.4 Å². The summed E-state index contributed by atoms with van der Waals surface area (Å²) in [6, 6.07) is 6.17. The van der Waals surface area contributed by atoms with Crippen molar-refractivity contribution in [1.82, 2.24) is 5.32 Å². The first-order valence-electron chi connectivity index (χ1n) is 4.84.